The van der Waals surface area contributed by atoms with Crippen LogP contribution in [0.4, 0.5) is 0 Å². The first-order valence-corrected chi connectivity index (χ1v) is 4.15. The van der Waals surface area contributed by atoms with E-state index in [4.69, 9.17) is 0 Å². The van der Waals surface area contributed by atoms with Crippen molar-refractivity contribution in [2.75, 3.05) is 6.54 Å². The molecule has 1 heterocycles. The third kappa shape index (κ3) is 3.08. The van der Waals surface area contributed by atoms with E-state index in [1.165, 1.54) is 18.4 Å². The lowest BCUT2D eigenvalue weighted by atomic mass is 10.1. The molecule has 0 aromatic carbocycles. The molecule has 0 radical (unpaired) electrons. The van der Waals surface area contributed by atoms with Crippen LogP contribution in [0.15, 0.2) is 36.1 Å². The Balaban J connectivity index is 2.40. The summed E-state index contributed by atoms with van der Waals surface area (Å²) in [5.41, 5.74) is 1.40. The summed E-state index contributed by atoms with van der Waals surface area (Å²) in [6, 6.07) is 0. The Morgan fingerprint density at radius 2 is 2.36 bits per heavy atom. The van der Waals surface area contributed by atoms with Crippen molar-refractivity contribution < 1.29 is 0 Å². The standard InChI is InChI=1S/C10H15N/c1-2-3-4-6-10-7-5-8-11-9-10/h2-4,6,9,11H,5,7-8H2,1H3/b3-2-,6-4-. The molecule has 1 aliphatic heterocycles. The first-order valence-electron chi connectivity index (χ1n) is 4.15. The molecule has 0 atom stereocenters. The molecule has 1 N–H and O–H groups in total. The summed E-state index contributed by atoms with van der Waals surface area (Å²) in [5, 5.41) is 3.22. The van der Waals surface area contributed by atoms with Crippen LogP contribution in [0, 0.1) is 0 Å². The molecular weight excluding hydrogens is 134 g/mol. The van der Waals surface area contributed by atoms with Crippen LogP contribution in [0.3, 0.4) is 0 Å². The molecule has 0 aromatic rings. The maximum atomic E-state index is 3.22. The maximum absolute atomic E-state index is 3.22. The van der Waals surface area contributed by atoms with Crippen molar-refractivity contribution in [2.45, 2.75) is 19.8 Å². The Bertz CT molecular complexity index is 187. The summed E-state index contributed by atoms with van der Waals surface area (Å²) in [5.74, 6) is 0. The molecule has 0 saturated heterocycles. The Morgan fingerprint density at radius 1 is 1.45 bits per heavy atom. The van der Waals surface area contributed by atoms with Crippen molar-refractivity contribution in [1.82, 2.24) is 5.32 Å². The summed E-state index contributed by atoms with van der Waals surface area (Å²) in [6.45, 7) is 3.15. The van der Waals surface area contributed by atoms with Crippen LogP contribution in [0.5, 0.6) is 0 Å². The number of hydrogen-bond acceptors (Lipinski definition) is 1. The van der Waals surface area contributed by atoms with Crippen molar-refractivity contribution in [3.63, 3.8) is 0 Å². The van der Waals surface area contributed by atoms with Gasteiger partial charge in [0.05, 0.1) is 0 Å². The SMILES string of the molecule is C/C=C\C=C/C1=CNCCC1. The molecule has 11 heavy (non-hydrogen) atoms. The van der Waals surface area contributed by atoms with E-state index in [1.807, 2.05) is 13.0 Å². The van der Waals surface area contributed by atoms with E-state index >= 15 is 0 Å². The van der Waals surface area contributed by atoms with Gasteiger partial charge in [-0.2, -0.15) is 0 Å². The first-order chi connectivity index (χ1) is 5.43. The van der Waals surface area contributed by atoms with E-state index < -0.39 is 0 Å². The molecule has 0 bridgehead atoms. The molecule has 0 aliphatic carbocycles. The molecule has 0 saturated carbocycles. The molecule has 1 aliphatic rings. The zero-order valence-electron chi connectivity index (χ0n) is 7.01. The lowest BCUT2D eigenvalue weighted by Gasteiger charge is -2.09. The monoisotopic (exact) mass is 149 g/mol. The summed E-state index contributed by atoms with van der Waals surface area (Å²) < 4.78 is 0. The van der Waals surface area contributed by atoms with Crippen LogP contribution in [-0.4, -0.2) is 6.54 Å². The lowest BCUT2D eigenvalue weighted by molar-refractivity contribution is 0.709. The molecule has 60 valence electrons. The van der Waals surface area contributed by atoms with Crippen LogP contribution in [0.2, 0.25) is 0 Å². The van der Waals surface area contributed by atoms with Crippen LogP contribution in [0.25, 0.3) is 0 Å². The highest BCUT2D eigenvalue weighted by molar-refractivity contribution is 5.22. The van der Waals surface area contributed by atoms with Crippen LogP contribution in [0.1, 0.15) is 19.8 Å². The van der Waals surface area contributed by atoms with Gasteiger partial charge >= 0.3 is 0 Å². The second-order valence-corrected chi connectivity index (χ2v) is 2.66. The molecule has 0 aromatic heterocycles. The third-order valence-corrected chi connectivity index (χ3v) is 1.69. The molecule has 0 unspecified atom stereocenters. The van der Waals surface area contributed by atoms with Gasteiger partial charge in [-0.3, -0.25) is 0 Å². The van der Waals surface area contributed by atoms with Crippen molar-refractivity contribution in [3.8, 4) is 0 Å². The van der Waals surface area contributed by atoms with Crippen LogP contribution in [-0.2, 0) is 0 Å². The highest BCUT2D eigenvalue weighted by Crippen LogP contribution is 2.08. The third-order valence-electron chi connectivity index (χ3n) is 1.69. The number of hydrogen-bond donors (Lipinski definition) is 1. The van der Waals surface area contributed by atoms with Crippen molar-refractivity contribution in [3.05, 3.63) is 36.1 Å². The Hall–Kier alpha value is -0.980. The molecule has 1 nitrogen and oxygen atoms in total. The van der Waals surface area contributed by atoms with Crippen molar-refractivity contribution in [2.24, 2.45) is 0 Å². The minimum absolute atomic E-state index is 1.13. The van der Waals surface area contributed by atoms with Gasteiger partial charge in [-0.05, 0) is 31.5 Å². The van der Waals surface area contributed by atoms with Gasteiger partial charge in [0.1, 0.15) is 0 Å². The first kappa shape index (κ1) is 8.12. The normalized spacial score (nSPS) is 18.8. The summed E-state index contributed by atoms with van der Waals surface area (Å²) in [7, 11) is 0. The molecule has 0 amide bonds. The smallest absolute Gasteiger partial charge is 0.0144 e. The van der Waals surface area contributed by atoms with Crippen molar-refractivity contribution in [1.29, 1.82) is 0 Å². The number of rotatable bonds is 2. The Labute approximate surface area is 68.5 Å². The molecule has 1 rings (SSSR count). The molecular formula is C10H15N. The highest BCUT2D eigenvalue weighted by atomic mass is 14.8. The van der Waals surface area contributed by atoms with E-state index in [0.717, 1.165) is 6.54 Å². The second kappa shape index (κ2) is 4.78. The van der Waals surface area contributed by atoms with E-state index in [0.29, 0.717) is 0 Å². The zero-order chi connectivity index (χ0) is 7.94. The Morgan fingerprint density at radius 3 is 3.00 bits per heavy atom. The highest BCUT2D eigenvalue weighted by Gasteiger charge is 1.96. The van der Waals surface area contributed by atoms with E-state index in [9.17, 15) is 0 Å². The summed E-state index contributed by atoms with van der Waals surface area (Å²) in [4.78, 5) is 0. The van der Waals surface area contributed by atoms with Crippen LogP contribution < -0.4 is 5.32 Å². The number of allylic oxidation sites excluding steroid dienone is 5. The average Bonchev–Trinajstić information content (AvgIpc) is 2.07. The fourth-order valence-corrected chi connectivity index (χ4v) is 1.09. The zero-order valence-corrected chi connectivity index (χ0v) is 7.01. The quantitative estimate of drug-likeness (QED) is 0.594. The minimum atomic E-state index is 1.13. The predicted molar refractivity (Wildman–Crippen MR) is 49.3 cm³/mol. The largest absolute Gasteiger partial charge is 0.391 e. The van der Waals surface area contributed by atoms with Gasteiger partial charge in [0.25, 0.3) is 0 Å². The Kier molecular flexibility index (Phi) is 3.53. The van der Waals surface area contributed by atoms with Crippen LogP contribution >= 0.6 is 0 Å². The van der Waals surface area contributed by atoms with E-state index in [2.05, 4.69) is 29.7 Å². The van der Waals surface area contributed by atoms with E-state index in [-0.39, 0.29) is 0 Å². The number of nitrogens with one attached hydrogen (secondary N) is 1. The van der Waals surface area contributed by atoms with Gasteiger partial charge in [-0.25, -0.2) is 0 Å². The molecule has 0 spiro atoms. The predicted octanol–water partition coefficient (Wildman–Crippen LogP) is 2.39. The van der Waals surface area contributed by atoms with Gasteiger partial charge < -0.3 is 5.32 Å². The summed E-state index contributed by atoms with van der Waals surface area (Å²) in [6.07, 6.45) is 12.9. The molecule has 1 heteroatoms. The molecule has 0 fully saturated rings. The lowest BCUT2D eigenvalue weighted by Crippen LogP contribution is -2.12. The fraction of sp³-hybridized carbons (Fsp3) is 0.400. The average molecular weight is 149 g/mol. The van der Waals surface area contributed by atoms with E-state index in [1.54, 1.807) is 0 Å². The van der Waals surface area contributed by atoms with Gasteiger partial charge in [0, 0.05) is 6.54 Å². The summed E-state index contributed by atoms with van der Waals surface area (Å²) >= 11 is 0. The van der Waals surface area contributed by atoms with Gasteiger partial charge in [-0.1, -0.05) is 24.3 Å². The van der Waals surface area contributed by atoms with Gasteiger partial charge in [0.2, 0.25) is 0 Å². The topological polar surface area (TPSA) is 12.0 Å². The minimum Gasteiger partial charge on any atom is -0.391 e. The second-order valence-electron chi connectivity index (χ2n) is 2.66. The van der Waals surface area contributed by atoms with Gasteiger partial charge in [-0.15, -0.1) is 0 Å². The van der Waals surface area contributed by atoms with Gasteiger partial charge in [0.15, 0.2) is 0 Å². The maximum Gasteiger partial charge on any atom is 0.0144 e. The van der Waals surface area contributed by atoms with Crippen molar-refractivity contribution >= 4 is 0 Å². The fourth-order valence-electron chi connectivity index (χ4n) is 1.09.